The second-order valence-electron chi connectivity index (χ2n) is 5.38. The van der Waals surface area contributed by atoms with Crippen LogP contribution in [0.15, 0.2) is 18.2 Å². The second-order valence-corrected chi connectivity index (χ2v) is 5.38. The van der Waals surface area contributed by atoms with Crippen molar-refractivity contribution >= 4 is 23.4 Å². The maximum atomic E-state index is 11.8. The molecule has 0 unspecified atom stereocenters. The standard InChI is InChI=1S/C16H23N3O4/c1-10(2)23-13-5-6-14(11(3)7-13)19-16(22)9-18-15(21)8-17-12(4)20/h5-7,10H,8-9H2,1-4H3,(H,17,20)(H,18,21)(H,19,22). The maximum absolute atomic E-state index is 11.8. The normalized spacial score (nSPS) is 10.1. The summed E-state index contributed by atoms with van der Waals surface area (Å²) in [5.41, 5.74) is 1.52. The van der Waals surface area contributed by atoms with Crippen LogP contribution < -0.4 is 20.7 Å². The van der Waals surface area contributed by atoms with Crippen LogP contribution in [0, 0.1) is 6.92 Å². The Morgan fingerprint density at radius 2 is 1.74 bits per heavy atom. The van der Waals surface area contributed by atoms with Crippen molar-refractivity contribution < 1.29 is 19.1 Å². The minimum Gasteiger partial charge on any atom is -0.491 e. The van der Waals surface area contributed by atoms with E-state index in [-0.39, 0.29) is 31.0 Å². The SMILES string of the molecule is CC(=O)NCC(=O)NCC(=O)Nc1ccc(OC(C)C)cc1C. The molecule has 1 aromatic rings. The lowest BCUT2D eigenvalue weighted by Gasteiger charge is -2.13. The number of amides is 3. The van der Waals surface area contributed by atoms with Crippen LogP contribution in [-0.4, -0.2) is 36.9 Å². The van der Waals surface area contributed by atoms with Crippen LogP contribution in [0.25, 0.3) is 0 Å². The smallest absolute Gasteiger partial charge is 0.243 e. The summed E-state index contributed by atoms with van der Waals surface area (Å²) in [4.78, 5) is 33.9. The predicted molar refractivity (Wildman–Crippen MR) is 87.3 cm³/mol. The topological polar surface area (TPSA) is 96.5 Å². The summed E-state index contributed by atoms with van der Waals surface area (Å²) >= 11 is 0. The molecular weight excluding hydrogens is 298 g/mol. The number of rotatable bonds is 7. The van der Waals surface area contributed by atoms with Crippen molar-refractivity contribution in [3.05, 3.63) is 23.8 Å². The second kappa shape index (κ2) is 8.77. The predicted octanol–water partition coefficient (Wildman–Crippen LogP) is 0.973. The van der Waals surface area contributed by atoms with Crippen LogP contribution in [0.3, 0.4) is 0 Å². The molecule has 1 aromatic carbocycles. The number of ether oxygens (including phenoxy) is 1. The van der Waals surface area contributed by atoms with Crippen LogP contribution in [0.4, 0.5) is 5.69 Å². The van der Waals surface area contributed by atoms with Crippen molar-refractivity contribution in [1.29, 1.82) is 0 Å². The zero-order valence-electron chi connectivity index (χ0n) is 13.9. The van der Waals surface area contributed by atoms with Crippen LogP contribution in [-0.2, 0) is 14.4 Å². The molecule has 3 N–H and O–H groups in total. The van der Waals surface area contributed by atoms with E-state index in [1.54, 1.807) is 12.1 Å². The lowest BCUT2D eigenvalue weighted by atomic mass is 10.2. The maximum Gasteiger partial charge on any atom is 0.243 e. The number of hydrogen-bond acceptors (Lipinski definition) is 4. The first-order valence-corrected chi connectivity index (χ1v) is 7.36. The molecular formula is C16H23N3O4. The van der Waals surface area contributed by atoms with E-state index in [4.69, 9.17) is 4.74 Å². The Hall–Kier alpha value is -2.57. The molecule has 0 saturated carbocycles. The van der Waals surface area contributed by atoms with Crippen molar-refractivity contribution in [2.24, 2.45) is 0 Å². The number of carbonyl (C=O) groups excluding carboxylic acids is 3. The van der Waals surface area contributed by atoms with Gasteiger partial charge >= 0.3 is 0 Å². The van der Waals surface area contributed by atoms with E-state index in [2.05, 4.69) is 16.0 Å². The van der Waals surface area contributed by atoms with E-state index in [1.807, 2.05) is 26.8 Å². The zero-order chi connectivity index (χ0) is 17.4. The monoisotopic (exact) mass is 321 g/mol. The third kappa shape index (κ3) is 7.30. The average Bonchev–Trinajstić information content (AvgIpc) is 2.45. The van der Waals surface area contributed by atoms with Gasteiger partial charge < -0.3 is 20.7 Å². The van der Waals surface area contributed by atoms with E-state index >= 15 is 0 Å². The fraction of sp³-hybridized carbons (Fsp3) is 0.438. The van der Waals surface area contributed by atoms with Gasteiger partial charge in [0.05, 0.1) is 19.2 Å². The lowest BCUT2D eigenvalue weighted by molar-refractivity contribution is -0.126. The molecule has 0 atom stereocenters. The highest BCUT2D eigenvalue weighted by atomic mass is 16.5. The molecule has 0 fully saturated rings. The van der Waals surface area contributed by atoms with E-state index < -0.39 is 5.91 Å². The molecule has 7 heteroatoms. The van der Waals surface area contributed by atoms with Crippen LogP contribution >= 0.6 is 0 Å². The summed E-state index contributed by atoms with van der Waals surface area (Å²) in [6.07, 6.45) is 0.0775. The summed E-state index contributed by atoms with van der Waals surface area (Å²) in [7, 11) is 0. The number of carbonyl (C=O) groups is 3. The Morgan fingerprint density at radius 3 is 2.30 bits per heavy atom. The highest BCUT2D eigenvalue weighted by Crippen LogP contribution is 2.22. The molecule has 0 saturated heterocycles. The molecule has 0 aliphatic carbocycles. The summed E-state index contributed by atoms with van der Waals surface area (Å²) in [6.45, 7) is 6.74. The molecule has 0 bridgehead atoms. The average molecular weight is 321 g/mol. The van der Waals surface area contributed by atoms with Gasteiger partial charge in [0.1, 0.15) is 5.75 Å². The van der Waals surface area contributed by atoms with Gasteiger partial charge in [-0.15, -0.1) is 0 Å². The van der Waals surface area contributed by atoms with Crippen molar-refractivity contribution in [3.8, 4) is 5.75 Å². The van der Waals surface area contributed by atoms with E-state index in [1.165, 1.54) is 6.92 Å². The highest BCUT2D eigenvalue weighted by molar-refractivity contribution is 5.95. The Labute approximate surface area is 135 Å². The Balaban J connectivity index is 2.48. The molecule has 0 aromatic heterocycles. The van der Waals surface area contributed by atoms with Gasteiger partial charge in [0, 0.05) is 12.6 Å². The number of hydrogen-bond donors (Lipinski definition) is 3. The van der Waals surface area contributed by atoms with Crippen molar-refractivity contribution in [1.82, 2.24) is 10.6 Å². The molecule has 23 heavy (non-hydrogen) atoms. The van der Waals surface area contributed by atoms with Crippen molar-refractivity contribution in [2.45, 2.75) is 33.8 Å². The highest BCUT2D eigenvalue weighted by Gasteiger charge is 2.09. The van der Waals surface area contributed by atoms with Gasteiger partial charge in [-0.1, -0.05) is 0 Å². The Kier molecular flexibility index (Phi) is 7.05. The van der Waals surface area contributed by atoms with Crippen LogP contribution in [0.5, 0.6) is 5.75 Å². The largest absolute Gasteiger partial charge is 0.491 e. The third-order valence-electron chi connectivity index (χ3n) is 2.79. The molecule has 0 spiro atoms. The first-order valence-electron chi connectivity index (χ1n) is 7.36. The molecule has 1 rings (SSSR count). The van der Waals surface area contributed by atoms with Gasteiger partial charge in [-0.3, -0.25) is 14.4 Å². The molecule has 0 aliphatic rings. The number of benzene rings is 1. The fourth-order valence-electron chi connectivity index (χ4n) is 1.76. The van der Waals surface area contributed by atoms with E-state index in [0.717, 1.165) is 11.3 Å². The van der Waals surface area contributed by atoms with Crippen molar-refractivity contribution in [2.75, 3.05) is 18.4 Å². The molecule has 0 radical (unpaired) electrons. The van der Waals surface area contributed by atoms with Gasteiger partial charge in [-0.25, -0.2) is 0 Å². The van der Waals surface area contributed by atoms with E-state index in [0.29, 0.717) is 5.69 Å². The van der Waals surface area contributed by atoms with Gasteiger partial charge in [0.2, 0.25) is 17.7 Å². The summed E-state index contributed by atoms with van der Waals surface area (Å²) in [6, 6.07) is 5.37. The molecule has 3 amide bonds. The molecule has 7 nitrogen and oxygen atoms in total. The minimum absolute atomic E-state index is 0.0775. The molecule has 0 aliphatic heterocycles. The molecule has 126 valence electrons. The van der Waals surface area contributed by atoms with Crippen LogP contribution in [0.2, 0.25) is 0 Å². The van der Waals surface area contributed by atoms with Crippen LogP contribution in [0.1, 0.15) is 26.3 Å². The minimum atomic E-state index is -0.423. The summed E-state index contributed by atoms with van der Waals surface area (Å²) < 4.78 is 5.58. The van der Waals surface area contributed by atoms with Gasteiger partial charge in [0.15, 0.2) is 0 Å². The van der Waals surface area contributed by atoms with Crippen molar-refractivity contribution in [3.63, 3.8) is 0 Å². The Bertz CT molecular complexity index is 585. The number of anilines is 1. The Morgan fingerprint density at radius 1 is 1.09 bits per heavy atom. The third-order valence-corrected chi connectivity index (χ3v) is 2.79. The number of nitrogens with one attached hydrogen (secondary N) is 3. The van der Waals surface area contributed by atoms with E-state index in [9.17, 15) is 14.4 Å². The van der Waals surface area contributed by atoms with Gasteiger partial charge in [-0.2, -0.15) is 0 Å². The summed E-state index contributed by atoms with van der Waals surface area (Å²) in [5.74, 6) is -0.336. The summed E-state index contributed by atoms with van der Waals surface area (Å²) in [5, 5.41) is 7.49. The van der Waals surface area contributed by atoms with Gasteiger partial charge in [0.25, 0.3) is 0 Å². The first-order chi connectivity index (χ1) is 10.8. The zero-order valence-corrected chi connectivity index (χ0v) is 13.9. The molecule has 0 heterocycles. The first kappa shape index (κ1) is 18.5. The van der Waals surface area contributed by atoms with Gasteiger partial charge in [-0.05, 0) is 44.5 Å². The quantitative estimate of drug-likeness (QED) is 0.697. The lowest BCUT2D eigenvalue weighted by Crippen LogP contribution is -2.39. The number of aryl methyl sites for hydroxylation is 1. The fourth-order valence-corrected chi connectivity index (χ4v) is 1.76.